The number of thioether (sulfide) groups is 1. The predicted octanol–water partition coefficient (Wildman–Crippen LogP) is 2.06. The number of methoxy groups -OCH3 is 1. The Bertz CT molecular complexity index is 340. The lowest BCUT2D eigenvalue weighted by Crippen LogP contribution is -2.18. The molecular formula is C13H18O3S. The summed E-state index contributed by atoms with van der Waals surface area (Å²) >= 11 is 1.57. The Morgan fingerprint density at radius 3 is 2.59 bits per heavy atom. The average Bonchev–Trinajstić information content (AvgIpc) is 2.39. The fourth-order valence-electron chi connectivity index (χ4n) is 1.44. The van der Waals surface area contributed by atoms with Crippen LogP contribution in [-0.4, -0.2) is 35.8 Å². The van der Waals surface area contributed by atoms with Crippen molar-refractivity contribution < 1.29 is 14.6 Å². The van der Waals surface area contributed by atoms with Crippen LogP contribution in [0, 0.1) is 0 Å². The summed E-state index contributed by atoms with van der Waals surface area (Å²) in [6, 6.07) is 9.58. The van der Waals surface area contributed by atoms with Crippen LogP contribution in [0.2, 0.25) is 0 Å². The minimum absolute atomic E-state index is 0.118. The minimum Gasteiger partial charge on any atom is -0.469 e. The Hall–Kier alpha value is -1.00. The van der Waals surface area contributed by atoms with Gasteiger partial charge in [-0.1, -0.05) is 37.3 Å². The molecule has 1 N–H and O–H groups in total. The van der Waals surface area contributed by atoms with E-state index in [1.807, 2.05) is 37.3 Å². The van der Waals surface area contributed by atoms with E-state index in [1.54, 1.807) is 11.8 Å². The maximum absolute atomic E-state index is 11.7. The molecule has 0 spiro atoms. The maximum Gasteiger partial charge on any atom is 0.313 e. The number of hydrogen-bond acceptors (Lipinski definition) is 4. The van der Waals surface area contributed by atoms with E-state index in [2.05, 4.69) is 0 Å². The van der Waals surface area contributed by atoms with Crippen LogP contribution in [0.3, 0.4) is 0 Å². The van der Waals surface area contributed by atoms with E-state index in [9.17, 15) is 4.79 Å². The van der Waals surface area contributed by atoms with Crippen molar-refractivity contribution in [3.8, 4) is 0 Å². The molecule has 0 bridgehead atoms. The normalized spacial score (nSPS) is 14.1. The Morgan fingerprint density at radius 2 is 2.06 bits per heavy atom. The average molecular weight is 254 g/mol. The molecule has 1 aromatic rings. The second-order valence-corrected chi connectivity index (χ2v) is 5.28. The molecule has 0 aliphatic heterocycles. The zero-order valence-electron chi connectivity index (χ0n) is 10.1. The molecule has 94 valence electrons. The van der Waals surface area contributed by atoms with Gasteiger partial charge in [-0.25, -0.2) is 0 Å². The molecule has 0 radical (unpaired) electrons. The Morgan fingerprint density at radius 1 is 1.41 bits per heavy atom. The summed E-state index contributed by atoms with van der Waals surface area (Å²) in [6.07, 6.45) is 0. The molecule has 2 atom stereocenters. The van der Waals surface area contributed by atoms with Crippen molar-refractivity contribution >= 4 is 17.7 Å². The first-order chi connectivity index (χ1) is 8.19. The van der Waals surface area contributed by atoms with E-state index in [0.717, 1.165) is 5.56 Å². The van der Waals surface area contributed by atoms with E-state index in [-0.39, 0.29) is 23.7 Å². The summed E-state index contributed by atoms with van der Waals surface area (Å²) in [5.41, 5.74) is 0.956. The Balaban J connectivity index is 2.71. The zero-order valence-corrected chi connectivity index (χ0v) is 10.9. The molecule has 0 aliphatic rings. The van der Waals surface area contributed by atoms with E-state index < -0.39 is 0 Å². The quantitative estimate of drug-likeness (QED) is 0.789. The van der Waals surface area contributed by atoms with Gasteiger partial charge in [0.25, 0.3) is 0 Å². The predicted molar refractivity (Wildman–Crippen MR) is 70.2 cm³/mol. The number of carbonyl (C=O) groups excluding carboxylic acids is 1. The molecule has 0 saturated heterocycles. The number of carbonyl (C=O) groups is 1. The number of rotatable bonds is 6. The zero-order chi connectivity index (χ0) is 12.7. The highest BCUT2D eigenvalue weighted by atomic mass is 32.2. The summed E-state index contributed by atoms with van der Waals surface area (Å²) in [4.78, 5) is 11.7. The SMILES string of the molecule is COC(=O)C(CSC(C)CO)c1ccccc1. The third-order valence-electron chi connectivity index (χ3n) is 2.49. The van der Waals surface area contributed by atoms with E-state index >= 15 is 0 Å². The second-order valence-electron chi connectivity index (χ2n) is 3.81. The Labute approximate surface area is 106 Å². The van der Waals surface area contributed by atoms with Gasteiger partial charge in [-0.2, -0.15) is 11.8 Å². The lowest BCUT2D eigenvalue weighted by Gasteiger charge is -2.16. The minimum atomic E-state index is -0.264. The molecule has 0 aromatic heterocycles. The molecule has 3 nitrogen and oxygen atoms in total. The molecule has 0 heterocycles. The highest BCUT2D eigenvalue weighted by Gasteiger charge is 2.21. The smallest absolute Gasteiger partial charge is 0.313 e. The van der Waals surface area contributed by atoms with E-state index in [1.165, 1.54) is 7.11 Å². The van der Waals surface area contributed by atoms with Crippen LogP contribution in [0.4, 0.5) is 0 Å². The number of benzene rings is 1. The lowest BCUT2D eigenvalue weighted by molar-refractivity contribution is -0.141. The summed E-state index contributed by atoms with van der Waals surface area (Å²) < 4.78 is 4.82. The summed E-state index contributed by atoms with van der Waals surface area (Å²) in [6.45, 7) is 2.05. The van der Waals surface area contributed by atoms with Crippen molar-refractivity contribution in [2.45, 2.75) is 18.1 Å². The summed E-state index contributed by atoms with van der Waals surface area (Å²) in [5, 5.41) is 9.11. The molecule has 0 aliphatic carbocycles. The molecule has 1 rings (SSSR count). The third kappa shape index (κ3) is 4.40. The number of aliphatic hydroxyl groups excluding tert-OH is 1. The first-order valence-electron chi connectivity index (χ1n) is 5.54. The number of aliphatic hydroxyl groups is 1. The van der Waals surface area contributed by atoms with Gasteiger partial charge in [0, 0.05) is 11.0 Å². The topological polar surface area (TPSA) is 46.5 Å². The second kappa shape index (κ2) is 7.35. The van der Waals surface area contributed by atoms with Gasteiger partial charge in [0.05, 0.1) is 19.6 Å². The Kier molecular flexibility index (Phi) is 6.08. The molecule has 0 amide bonds. The van der Waals surface area contributed by atoms with Crippen LogP contribution >= 0.6 is 11.8 Å². The first kappa shape index (κ1) is 14.1. The van der Waals surface area contributed by atoms with E-state index in [4.69, 9.17) is 9.84 Å². The van der Waals surface area contributed by atoms with Crippen molar-refractivity contribution in [1.29, 1.82) is 0 Å². The first-order valence-corrected chi connectivity index (χ1v) is 6.59. The summed E-state index contributed by atoms with van der Waals surface area (Å²) in [7, 11) is 1.40. The molecule has 2 unspecified atom stereocenters. The maximum atomic E-state index is 11.7. The molecule has 0 saturated carbocycles. The number of hydrogen-bond donors (Lipinski definition) is 1. The van der Waals surface area contributed by atoms with Gasteiger partial charge in [0.2, 0.25) is 0 Å². The standard InChI is InChI=1S/C13H18O3S/c1-10(8-14)17-9-12(13(15)16-2)11-6-4-3-5-7-11/h3-7,10,12,14H,8-9H2,1-2H3. The highest BCUT2D eigenvalue weighted by Crippen LogP contribution is 2.24. The van der Waals surface area contributed by atoms with Crippen molar-refractivity contribution in [3.63, 3.8) is 0 Å². The van der Waals surface area contributed by atoms with Crippen LogP contribution in [0.1, 0.15) is 18.4 Å². The molecule has 1 aromatic carbocycles. The largest absolute Gasteiger partial charge is 0.469 e. The highest BCUT2D eigenvalue weighted by molar-refractivity contribution is 7.99. The monoisotopic (exact) mass is 254 g/mol. The van der Waals surface area contributed by atoms with Crippen LogP contribution in [0.25, 0.3) is 0 Å². The molecule has 17 heavy (non-hydrogen) atoms. The van der Waals surface area contributed by atoms with Crippen molar-refractivity contribution in [2.24, 2.45) is 0 Å². The lowest BCUT2D eigenvalue weighted by atomic mass is 10.0. The van der Waals surface area contributed by atoms with Crippen LogP contribution in [0.5, 0.6) is 0 Å². The number of ether oxygens (including phenoxy) is 1. The van der Waals surface area contributed by atoms with Gasteiger partial charge in [0.1, 0.15) is 0 Å². The fourth-order valence-corrected chi connectivity index (χ4v) is 2.40. The van der Waals surface area contributed by atoms with Gasteiger partial charge in [-0.15, -0.1) is 0 Å². The fraction of sp³-hybridized carbons (Fsp3) is 0.462. The van der Waals surface area contributed by atoms with Crippen LogP contribution in [0.15, 0.2) is 30.3 Å². The van der Waals surface area contributed by atoms with Gasteiger partial charge < -0.3 is 9.84 Å². The van der Waals surface area contributed by atoms with Crippen molar-refractivity contribution in [2.75, 3.05) is 19.5 Å². The molecule has 4 heteroatoms. The van der Waals surface area contributed by atoms with Crippen molar-refractivity contribution in [1.82, 2.24) is 0 Å². The van der Waals surface area contributed by atoms with Crippen LogP contribution in [-0.2, 0) is 9.53 Å². The van der Waals surface area contributed by atoms with Crippen molar-refractivity contribution in [3.05, 3.63) is 35.9 Å². The van der Waals surface area contributed by atoms with E-state index in [0.29, 0.717) is 5.75 Å². The third-order valence-corrected chi connectivity index (χ3v) is 3.74. The van der Waals surface area contributed by atoms with Gasteiger partial charge >= 0.3 is 5.97 Å². The summed E-state index contributed by atoms with van der Waals surface area (Å²) in [5.74, 6) is 0.132. The number of esters is 1. The molecule has 0 fully saturated rings. The van der Waals surface area contributed by atoms with Gasteiger partial charge in [-0.3, -0.25) is 4.79 Å². The van der Waals surface area contributed by atoms with Crippen LogP contribution < -0.4 is 0 Å². The molecular weight excluding hydrogens is 236 g/mol. The van der Waals surface area contributed by atoms with Gasteiger partial charge in [-0.05, 0) is 5.56 Å². The van der Waals surface area contributed by atoms with Gasteiger partial charge in [0.15, 0.2) is 0 Å².